The van der Waals surface area contributed by atoms with Gasteiger partial charge in [-0.25, -0.2) is 0 Å². The molecule has 7 heteroatoms. The maximum Gasteiger partial charge on any atom is 0.226 e. The molecule has 2 aliphatic rings. The third-order valence-electron chi connectivity index (χ3n) is 4.79. The van der Waals surface area contributed by atoms with Crippen LogP contribution in [0.1, 0.15) is 23.8 Å². The lowest BCUT2D eigenvalue weighted by Crippen LogP contribution is -2.64. The Balaban J connectivity index is 1.88. The Hall–Kier alpha value is -2.45. The number of hydrogen-bond acceptors (Lipinski definition) is 6. The van der Waals surface area contributed by atoms with Crippen LogP contribution in [0, 0.1) is 34.5 Å². The highest BCUT2D eigenvalue weighted by Crippen LogP contribution is 2.37. The second-order valence-electron chi connectivity index (χ2n) is 6.59. The van der Waals surface area contributed by atoms with E-state index in [0.29, 0.717) is 6.42 Å². The van der Waals surface area contributed by atoms with Gasteiger partial charge in [0, 0.05) is 18.3 Å². The summed E-state index contributed by atoms with van der Waals surface area (Å²) in [7, 11) is 1.69. The number of nitriles is 2. The van der Waals surface area contributed by atoms with Crippen molar-refractivity contribution in [2.24, 2.45) is 17.6 Å². The van der Waals surface area contributed by atoms with Crippen molar-refractivity contribution in [2.45, 2.75) is 25.2 Å². The summed E-state index contributed by atoms with van der Waals surface area (Å²) in [5, 5.41) is 23.7. The Morgan fingerprint density at radius 3 is 2.76 bits per heavy atom. The van der Waals surface area contributed by atoms with Crippen LogP contribution in [-0.2, 0) is 10.3 Å². The van der Waals surface area contributed by atoms with Crippen molar-refractivity contribution in [1.29, 1.82) is 10.5 Å². The molecule has 2 heterocycles. The van der Waals surface area contributed by atoms with Crippen molar-refractivity contribution in [1.82, 2.24) is 10.2 Å². The van der Waals surface area contributed by atoms with Crippen LogP contribution < -0.4 is 11.1 Å². The summed E-state index contributed by atoms with van der Waals surface area (Å²) in [4.78, 5) is 14.7. The van der Waals surface area contributed by atoms with Crippen molar-refractivity contribution in [3.05, 3.63) is 40.1 Å². The van der Waals surface area contributed by atoms with E-state index < -0.39 is 23.7 Å². The smallest absolute Gasteiger partial charge is 0.226 e. The summed E-state index contributed by atoms with van der Waals surface area (Å²) in [5.74, 6) is -0.849. The van der Waals surface area contributed by atoms with Crippen molar-refractivity contribution in [2.75, 3.05) is 7.05 Å². The Labute approximate surface area is 150 Å². The molecule has 0 spiro atoms. The van der Waals surface area contributed by atoms with Gasteiger partial charge in [-0.1, -0.05) is 18.2 Å². The van der Waals surface area contributed by atoms with Crippen molar-refractivity contribution >= 4 is 22.8 Å². The minimum Gasteiger partial charge on any atom is -0.317 e. The van der Waals surface area contributed by atoms with Crippen LogP contribution >= 0.6 is 11.3 Å². The van der Waals surface area contributed by atoms with Gasteiger partial charge >= 0.3 is 0 Å². The topological polar surface area (TPSA) is 106 Å². The predicted octanol–water partition coefficient (Wildman–Crippen LogP) is 1.89. The van der Waals surface area contributed by atoms with Gasteiger partial charge in [-0.2, -0.15) is 10.5 Å². The molecule has 0 saturated carbocycles. The lowest BCUT2D eigenvalue weighted by molar-refractivity contribution is -0.139. The Bertz CT molecular complexity index is 842. The number of amides is 1. The molecule has 1 aliphatic heterocycles. The molecule has 0 radical (unpaired) electrons. The van der Waals surface area contributed by atoms with Crippen LogP contribution in [-0.4, -0.2) is 24.1 Å². The van der Waals surface area contributed by atoms with Gasteiger partial charge in [-0.15, -0.1) is 11.3 Å². The number of carbonyl (C=O) groups excluding carboxylic acids is 1. The van der Waals surface area contributed by atoms with Gasteiger partial charge in [0.05, 0.1) is 29.5 Å². The minimum absolute atomic E-state index is 0.00174. The molecule has 1 aliphatic carbocycles. The number of nitrogens with zero attached hydrogens (tertiary/aromatic N) is 3. The second kappa shape index (κ2) is 6.45. The van der Waals surface area contributed by atoms with Gasteiger partial charge in [0.15, 0.2) is 0 Å². The summed E-state index contributed by atoms with van der Waals surface area (Å²) in [6, 6.07) is 6.34. The highest BCUT2D eigenvalue weighted by Gasteiger charge is 2.39. The first-order chi connectivity index (χ1) is 11.9. The van der Waals surface area contributed by atoms with E-state index in [4.69, 9.17) is 11.0 Å². The van der Waals surface area contributed by atoms with E-state index in [9.17, 15) is 10.1 Å². The molecule has 3 N–H and O–H groups in total. The van der Waals surface area contributed by atoms with E-state index in [2.05, 4.69) is 17.5 Å². The molecule has 25 heavy (non-hydrogen) atoms. The fraction of sp³-hybridized carbons (Fsp3) is 0.389. The Kier molecular flexibility index (Phi) is 4.49. The van der Waals surface area contributed by atoms with Gasteiger partial charge < -0.3 is 4.90 Å². The van der Waals surface area contributed by atoms with Crippen LogP contribution in [0.3, 0.4) is 0 Å². The molecule has 128 valence electrons. The zero-order chi connectivity index (χ0) is 18.2. The van der Waals surface area contributed by atoms with Crippen LogP contribution in [0.5, 0.6) is 0 Å². The molecular weight excluding hydrogens is 334 g/mol. The van der Waals surface area contributed by atoms with Crippen molar-refractivity contribution in [3.63, 3.8) is 0 Å². The summed E-state index contributed by atoms with van der Waals surface area (Å²) in [5.41, 5.74) is 7.39. The summed E-state index contributed by atoms with van der Waals surface area (Å²) < 4.78 is 0. The Morgan fingerprint density at radius 1 is 1.40 bits per heavy atom. The largest absolute Gasteiger partial charge is 0.317 e. The molecule has 0 bridgehead atoms. The van der Waals surface area contributed by atoms with Crippen LogP contribution in [0.25, 0.3) is 5.57 Å². The van der Waals surface area contributed by atoms with Crippen LogP contribution in [0.4, 0.5) is 0 Å². The fourth-order valence-electron chi connectivity index (χ4n) is 3.10. The third kappa shape index (κ3) is 3.10. The zero-order valence-corrected chi connectivity index (χ0v) is 14.9. The molecule has 0 aromatic carbocycles. The molecule has 3 rings (SSSR count). The lowest BCUT2D eigenvalue weighted by atomic mass is 9.85. The maximum absolute atomic E-state index is 12.2. The number of nitrogens with one attached hydrogen (secondary N) is 1. The first-order valence-electron chi connectivity index (χ1n) is 7.95. The van der Waals surface area contributed by atoms with Gasteiger partial charge in [-0.05, 0) is 29.5 Å². The third-order valence-corrected chi connectivity index (χ3v) is 5.98. The molecule has 6 nitrogen and oxygen atoms in total. The van der Waals surface area contributed by atoms with E-state index in [1.54, 1.807) is 24.5 Å². The summed E-state index contributed by atoms with van der Waals surface area (Å²) in [6.07, 6.45) is 5.30. The number of rotatable bonds is 2. The number of allylic oxidation sites excluding steroid dienone is 4. The highest BCUT2D eigenvalue weighted by molar-refractivity contribution is 7.10. The van der Waals surface area contributed by atoms with Gasteiger partial charge in [0.25, 0.3) is 0 Å². The second-order valence-corrected chi connectivity index (χ2v) is 7.50. The number of hydrogen-bond donors (Lipinski definition) is 2. The molecule has 1 aromatic rings. The summed E-state index contributed by atoms with van der Waals surface area (Å²) >= 11 is 1.56. The molecule has 1 aromatic heterocycles. The first-order valence-corrected chi connectivity index (χ1v) is 8.83. The minimum atomic E-state index is -0.523. The average molecular weight is 353 g/mol. The molecule has 1 amide bonds. The normalized spacial score (nSPS) is 32.0. The molecule has 1 fully saturated rings. The van der Waals surface area contributed by atoms with Crippen LogP contribution in [0.15, 0.2) is 29.7 Å². The van der Waals surface area contributed by atoms with E-state index in [-0.39, 0.29) is 5.91 Å². The van der Waals surface area contributed by atoms with E-state index in [1.807, 2.05) is 30.5 Å². The number of carbonyl (C=O) groups is 1. The molecule has 3 unspecified atom stereocenters. The SMILES string of the molecule is CN1C(=O)C[C@@](C)(c2cc(C3=CC(C#N)C(C#N)C=C3)cs2)NC1N. The van der Waals surface area contributed by atoms with E-state index in [1.165, 1.54) is 4.90 Å². The number of nitrogens with two attached hydrogens (primary N) is 1. The maximum atomic E-state index is 12.2. The van der Waals surface area contributed by atoms with Crippen LogP contribution in [0.2, 0.25) is 0 Å². The quantitative estimate of drug-likeness (QED) is 0.844. The van der Waals surface area contributed by atoms with E-state index >= 15 is 0 Å². The Morgan fingerprint density at radius 2 is 2.12 bits per heavy atom. The molecular formula is C18H19N5OS. The summed E-state index contributed by atoms with van der Waals surface area (Å²) in [6.45, 7) is 1.97. The fourth-order valence-corrected chi connectivity index (χ4v) is 4.15. The van der Waals surface area contributed by atoms with Crippen molar-refractivity contribution in [3.8, 4) is 12.1 Å². The van der Waals surface area contributed by atoms with Gasteiger partial charge in [0.1, 0.15) is 6.29 Å². The first kappa shape index (κ1) is 17.4. The van der Waals surface area contributed by atoms with E-state index in [0.717, 1.165) is 16.0 Å². The molecule has 1 saturated heterocycles. The molecule has 4 atom stereocenters. The average Bonchev–Trinajstić information content (AvgIpc) is 3.10. The van der Waals surface area contributed by atoms with Gasteiger partial charge in [-0.3, -0.25) is 15.8 Å². The van der Waals surface area contributed by atoms with Gasteiger partial charge in [0.2, 0.25) is 5.91 Å². The zero-order valence-electron chi connectivity index (χ0n) is 14.1. The lowest BCUT2D eigenvalue weighted by Gasteiger charge is -2.42. The predicted molar refractivity (Wildman–Crippen MR) is 95.5 cm³/mol. The highest BCUT2D eigenvalue weighted by atomic mass is 32.1. The number of thiophene rings is 1. The van der Waals surface area contributed by atoms with Crippen molar-refractivity contribution < 1.29 is 4.79 Å². The standard InChI is InChI=1S/C18H19N5OS/c1-18(7-16(24)23(2)17(21)22-18)15-6-14(10-25-15)11-3-4-12(8-19)13(5-11)9-20/h3-6,10,12-13,17,22H,7,21H2,1-2H3/t12?,13?,17?,18-/m0/s1. The monoisotopic (exact) mass is 353 g/mol.